The second kappa shape index (κ2) is 9.55. The largest absolute Gasteiger partial charge is 0.486 e. The van der Waals surface area contributed by atoms with E-state index in [0.29, 0.717) is 35.3 Å². The van der Waals surface area contributed by atoms with Crippen LogP contribution in [0.15, 0.2) is 35.7 Å². The summed E-state index contributed by atoms with van der Waals surface area (Å²) in [4.78, 5) is 41.3. The average Bonchev–Trinajstić information content (AvgIpc) is 3.45. The summed E-state index contributed by atoms with van der Waals surface area (Å²) in [6.45, 7) is 6.33. The van der Waals surface area contributed by atoms with Gasteiger partial charge in [0.05, 0.1) is 5.69 Å². The van der Waals surface area contributed by atoms with Crippen LogP contribution in [0.2, 0.25) is 0 Å². The molecule has 184 valence electrons. The Labute approximate surface area is 210 Å². The number of aromatic nitrogens is 1. The minimum absolute atomic E-state index is 0.00111. The molecule has 1 aliphatic heterocycles. The van der Waals surface area contributed by atoms with Gasteiger partial charge in [-0.05, 0) is 55.9 Å². The predicted octanol–water partition coefficient (Wildman–Crippen LogP) is 2.96. The van der Waals surface area contributed by atoms with Crippen LogP contribution in [-0.2, 0) is 4.79 Å². The van der Waals surface area contributed by atoms with Crippen molar-refractivity contribution in [2.75, 3.05) is 23.8 Å². The molecule has 1 atom stereocenters. The molecule has 3 heterocycles. The van der Waals surface area contributed by atoms with Crippen LogP contribution in [-0.4, -0.2) is 40.8 Å². The Balaban J connectivity index is 1.88. The zero-order valence-electron chi connectivity index (χ0n) is 19.4. The number of nitrogens with zero attached hydrogens (tertiary/aromatic N) is 2. The van der Waals surface area contributed by atoms with Gasteiger partial charge in [-0.1, -0.05) is 6.07 Å². The van der Waals surface area contributed by atoms with Gasteiger partial charge in [-0.25, -0.2) is 0 Å². The number of nitrogens with one attached hydrogen (secondary N) is 1. The van der Waals surface area contributed by atoms with Crippen LogP contribution in [0.25, 0.3) is 0 Å². The Morgan fingerprint density at radius 2 is 1.86 bits per heavy atom. The zero-order chi connectivity index (χ0) is 25.3. The zero-order valence-corrected chi connectivity index (χ0v) is 21.0. The van der Waals surface area contributed by atoms with E-state index in [1.54, 1.807) is 30.3 Å². The number of ether oxygens (including phenoxy) is 2. The number of hydrogen-bond acceptors (Lipinski definition) is 9. The van der Waals surface area contributed by atoms with E-state index >= 15 is 0 Å². The Bertz CT molecular complexity index is 1270. The van der Waals surface area contributed by atoms with Gasteiger partial charge in [0, 0.05) is 22.2 Å². The van der Waals surface area contributed by atoms with Gasteiger partial charge in [-0.3, -0.25) is 19.3 Å². The van der Waals surface area contributed by atoms with E-state index in [-0.39, 0.29) is 22.2 Å². The molecular weight excluding hydrogens is 490 g/mol. The van der Waals surface area contributed by atoms with Gasteiger partial charge in [0.15, 0.2) is 23.2 Å². The normalized spacial score (nSPS) is 13.7. The molecule has 10 nitrogen and oxygen atoms in total. The molecule has 0 aliphatic carbocycles. The molecule has 0 saturated carbocycles. The summed E-state index contributed by atoms with van der Waals surface area (Å²) in [6.07, 6.45) is 0. The Hall–Kier alpha value is -3.64. The molecule has 12 heteroatoms. The highest BCUT2D eigenvalue weighted by atomic mass is 32.1. The van der Waals surface area contributed by atoms with Gasteiger partial charge >= 0.3 is 0 Å². The molecule has 1 unspecified atom stereocenters. The van der Waals surface area contributed by atoms with Crippen molar-refractivity contribution in [1.82, 2.24) is 9.69 Å². The number of thiophene rings is 1. The predicted molar refractivity (Wildman–Crippen MR) is 134 cm³/mol. The summed E-state index contributed by atoms with van der Waals surface area (Å²) in [5, 5.41) is 4.79. The number of primary amides is 1. The van der Waals surface area contributed by atoms with E-state index in [9.17, 15) is 14.4 Å². The minimum Gasteiger partial charge on any atom is -0.486 e. The van der Waals surface area contributed by atoms with Crippen molar-refractivity contribution >= 4 is 52.0 Å². The van der Waals surface area contributed by atoms with Gasteiger partial charge in [-0.2, -0.15) is 4.37 Å². The van der Waals surface area contributed by atoms with Gasteiger partial charge in [0.2, 0.25) is 5.91 Å². The standard InChI is InChI=1S/C23H25N5O5S2/c1-23(2,3)26-21(30)18(15-5-4-10-34-15)28(12-6-7-13-14(11-12)33-9-8-32-13)22(31)19-16(24)17(20(25)29)27-35-19/h4-7,10-11,18H,8-9,24H2,1-3H3,(H2,25,29)(H,26,30). The summed E-state index contributed by atoms with van der Waals surface area (Å²) in [6, 6.07) is 7.54. The summed E-state index contributed by atoms with van der Waals surface area (Å²) < 4.78 is 15.3. The molecule has 5 N–H and O–H groups in total. The highest BCUT2D eigenvalue weighted by Crippen LogP contribution is 2.39. The van der Waals surface area contributed by atoms with E-state index in [1.165, 1.54) is 16.2 Å². The van der Waals surface area contributed by atoms with Crippen molar-refractivity contribution in [3.05, 3.63) is 51.2 Å². The van der Waals surface area contributed by atoms with Crippen molar-refractivity contribution < 1.29 is 23.9 Å². The summed E-state index contributed by atoms with van der Waals surface area (Å²) in [5.74, 6) is -0.854. The number of rotatable bonds is 6. The maximum absolute atomic E-state index is 14.0. The van der Waals surface area contributed by atoms with E-state index in [0.717, 1.165) is 11.5 Å². The van der Waals surface area contributed by atoms with Crippen LogP contribution in [0.3, 0.4) is 0 Å². The van der Waals surface area contributed by atoms with Crippen molar-refractivity contribution in [1.29, 1.82) is 0 Å². The minimum atomic E-state index is -1.04. The van der Waals surface area contributed by atoms with Crippen LogP contribution < -0.4 is 31.2 Å². The fraction of sp³-hybridized carbons (Fsp3) is 0.304. The number of hydrogen-bond donors (Lipinski definition) is 3. The number of benzene rings is 1. The lowest BCUT2D eigenvalue weighted by Crippen LogP contribution is -2.49. The maximum Gasteiger partial charge on any atom is 0.273 e. The Morgan fingerprint density at radius 1 is 1.14 bits per heavy atom. The molecule has 4 rings (SSSR count). The molecule has 3 aromatic rings. The first kappa shape index (κ1) is 24.5. The first-order valence-electron chi connectivity index (χ1n) is 10.7. The fourth-order valence-corrected chi connectivity index (χ4v) is 5.12. The summed E-state index contributed by atoms with van der Waals surface area (Å²) >= 11 is 2.09. The lowest BCUT2D eigenvalue weighted by Gasteiger charge is -2.33. The third kappa shape index (κ3) is 5.08. The fourth-order valence-electron chi connectivity index (χ4n) is 3.56. The first-order valence-corrected chi connectivity index (χ1v) is 12.4. The van der Waals surface area contributed by atoms with Gasteiger partial charge < -0.3 is 26.3 Å². The van der Waals surface area contributed by atoms with Gasteiger partial charge in [0.1, 0.15) is 18.1 Å². The van der Waals surface area contributed by atoms with Gasteiger partial charge in [-0.15, -0.1) is 11.3 Å². The molecule has 0 fully saturated rings. The van der Waals surface area contributed by atoms with Crippen LogP contribution in [0.1, 0.15) is 51.9 Å². The second-order valence-corrected chi connectivity index (χ2v) is 10.6. The lowest BCUT2D eigenvalue weighted by molar-refractivity contribution is -0.123. The molecule has 3 amide bonds. The molecular formula is C23H25N5O5S2. The topological polar surface area (TPSA) is 150 Å². The number of nitrogen functional groups attached to an aromatic ring is 1. The number of carbonyl (C=O) groups excluding carboxylic acids is 3. The number of anilines is 2. The third-order valence-corrected chi connectivity index (χ3v) is 6.77. The average molecular weight is 516 g/mol. The molecule has 1 aromatic carbocycles. The van der Waals surface area contributed by atoms with E-state index in [1.807, 2.05) is 26.2 Å². The maximum atomic E-state index is 14.0. The SMILES string of the molecule is CC(C)(C)NC(=O)C(c1cccs1)N(C(=O)c1snc(C(N)=O)c1N)c1ccc2c(c1)OCCO2. The molecule has 1 aliphatic rings. The smallest absolute Gasteiger partial charge is 0.273 e. The molecule has 0 saturated heterocycles. The second-order valence-electron chi connectivity index (χ2n) is 8.80. The number of amides is 3. The highest BCUT2D eigenvalue weighted by Gasteiger charge is 2.38. The monoisotopic (exact) mass is 515 g/mol. The molecule has 35 heavy (non-hydrogen) atoms. The number of fused-ring (bicyclic) bond motifs is 1. The van der Waals surface area contributed by atoms with Crippen LogP contribution in [0.4, 0.5) is 11.4 Å². The van der Waals surface area contributed by atoms with E-state index in [2.05, 4.69) is 9.69 Å². The van der Waals surface area contributed by atoms with E-state index in [4.69, 9.17) is 20.9 Å². The van der Waals surface area contributed by atoms with Crippen LogP contribution in [0.5, 0.6) is 11.5 Å². The molecule has 0 radical (unpaired) electrons. The molecule has 0 bridgehead atoms. The number of nitrogens with two attached hydrogens (primary N) is 2. The Morgan fingerprint density at radius 3 is 2.46 bits per heavy atom. The lowest BCUT2D eigenvalue weighted by atomic mass is 10.1. The molecule has 0 spiro atoms. The quantitative estimate of drug-likeness (QED) is 0.457. The van der Waals surface area contributed by atoms with Crippen molar-refractivity contribution in [3.8, 4) is 11.5 Å². The molecule has 2 aromatic heterocycles. The van der Waals surface area contributed by atoms with Crippen molar-refractivity contribution in [2.45, 2.75) is 32.4 Å². The first-order chi connectivity index (χ1) is 16.6. The summed E-state index contributed by atoms with van der Waals surface area (Å²) in [7, 11) is 0. The Kier molecular flexibility index (Phi) is 6.68. The van der Waals surface area contributed by atoms with Crippen molar-refractivity contribution in [2.24, 2.45) is 5.73 Å². The third-order valence-electron chi connectivity index (χ3n) is 5.00. The summed E-state index contributed by atoms with van der Waals surface area (Å²) in [5.41, 5.74) is 10.9. The highest BCUT2D eigenvalue weighted by molar-refractivity contribution is 7.10. The van der Waals surface area contributed by atoms with Crippen molar-refractivity contribution in [3.63, 3.8) is 0 Å². The van der Waals surface area contributed by atoms with Gasteiger partial charge in [0.25, 0.3) is 11.8 Å². The van der Waals surface area contributed by atoms with Crippen LogP contribution in [0, 0.1) is 0 Å². The van der Waals surface area contributed by atoms with Crippen LogP contribution >= 0.6 is 22.9 Å². The number of carbonyl (C=O) groups is 3. The van der Waals surface area contributed by atoms with E-state index < -0.39 is 23.4 Å².